The molecule has 1 aromatic rings. The number of aliphatic hydroxyl groups is 1. The minimum Gasteiger partial charge on any atom is -0.459 e. The Morgan fingerprint density at radius 3 is 2.65 bits per heavy atom. The fourth-order valence-electron chi connectivity index (χ4n) is 4.32. The molecular formula is C24H33NO6. The van der Waals surface area contributed by atoms with Crippen LogP contribution in [0.4, 0.5) is 0 Å². The fraction of sp³-hybridized carbons (Fsp3) is 0.625. The minimum absolute atomic E-state index is 0.0141. The van der Waals surface area contributed by atoms with Crippen LogP contribution in [0.2, 0.25) is 0 Å². The van der Waals surface area contributed by atoms with Gasteiger partial charge in [-0.05, 0) is 49.5 Å². The van der Waals surface area contributed by atoms with Crippen molar-refractivity contribution in [3.05, 3.63) is 35.6 Å². The summed E-state index contributed by atoms with van der Waals surface area (Å²) >= 11 is 0. The molecule has 0 saturated carbocycles. The second-order valence-electron chi connectivity index (χ2n) is 8.39. The summed E-state index contributed by atoms with van der Waals surface area (Å²) in [5, 5.41) is 9.00. The molecule has 1 fully saturated rings. The zero-order valence-electron chi connectivity index (χ0n) is 18.1. The maximum atomic E-state index is 13.3. The summed E-state index contributed by atoms with van der Waals surface area (Å²) in [5.41, 5.74) is 1.05. The van der Waals surface area contributed by atoms with E-state index in [1.807, 2.05) is 29.2 Å². The van der Waals surface area contributed by atoms with Gasteiger partial charge in [0.2, 0.25) is 13.1 Å². The molecule has 0 bridgehead atoms. The van der Waals surface area contributed by atoms with Gasteiger partial charge in [0.25, 0.3) is 5.91 Å². The molecule has 1 amide bonds. The van der Waals surface area contributed by atoms with Gasteiger partial charge in [-0.15, -0.1) is 0 Å². The number of allylic oxidation sites excluding steroid dienone is 1. The van der Waals surface area contributed by atoms with Gasteiger partial charge in [0.15, 0.2) is 17.3 Å². The lowest BCUT2D eigenvalue weighted by atomic mass is 9.92. The van der Waals surface area contributed by atoms with Crippen LogP contribution in [0.25, 0.3) is 0 Å². The number of hydrogen-bond acceptors (Lipinski definition) is 6. The molecule has 3 heterocycles. The van der Waals surface area contributed by atoms with Crippen molar-refractivity contribution in [1.82, 2.24) is 4.90 Å². The Balaban J connectivity index is 1.51. The van der Waals surface area contributed by atoms with E-state index in [1.165, 1.54) is 19.3 Å². The maximum absolute atomic E-state index is 13.3. The second-order valence-corrected chi connectivity index (χ2v) is 8.39. The lowest BCUT2D eigenvalue weighted by Crippen LogP contribution is -2.38. The van der Waals surface area contributed by atoms with Gasteiger partial charge in [-0.3, -0.25) is 4.79 Å². The van der Waals surface area contributed by atoms with E-state index in [0.717, 1.165) is 49.4 Å². The second kappa shape index (κ2) is 10.9. The summed E-state index contributed by atoms with van der Waals surface area (Å²) in [5.74, 6) is 1.79. The maximum Gasteiger partial charge on any atom is 0.288 e. The van der Waals surface area contributed by atoms with E-state index >= 15 is 0 Å². The predicted octanol–water partition coefficient (Wildman–Crippen LogP) is 3.71. The van der Waals surface area contributed by atoms with Gasteiger partial charge in [0, 0.05) is 32.0 Å². The van der Waals surface area contributed by atoms with Crippen molar-refractivity contribution in [2.75, 3.05) is 33.1 Å². The number of amides is 1. The van der Waals surface area contributed by atoms with Gasteiger partial charge in [0.05, 0.1) is 6.61 Å². The summed E-state index contributed by atoms with van der Waals surface area (Å²) in [7, 11) is 0. The van der Waals surface area contributed by atoms with Gasteiger partial charge >= 0.3 is 0 Å². The highest BCUT2D eigenvalue weighted by Gasteiger charge is 2.31. The van der Waals surface area contributed by atoms with E-state index in [-0.39, 0.29) is 25.2 Å². The van der Waals surface area contributed by atoms with Crippen LogP contribution in [-0.4, -0.2) is 55.3 Å². The number of rotatable bonds is 7. The van der Waals surface area contributed by atoms with Crippen LogP contribution >= 0.6 is 0 Å². The molecule has 0 aliphatic carbocycles. The molecule has 1 saturated heterocycles. The van der Waals surface area contributed by atoms with Gasteiger partial charge in [-0.25, -0.2) is 0 Å². The first-order valence-corrected chi connectivity index (χ1v) is 11.5. The van der Waals surface area contributed by atoms with E-state index in [4.69, 9.17) is 24.1 Å². The van der Waals surface area contributed by atoms with Crippen LogP contribution in [0, 0.1) is 0 Å². The number of hydrogen-bond donors (Lipinski definition) is 1. The number of carbonyl (C=O) groups is 1. The topological polar surface area (TPSA) is 77.5 Å². The van der Waals surface area contributed by atoms with Crippen molar-refractivity contribution < 1.29 is 28.8 Å². The van der Waals surface area contributed by atoms with Crippen molar-refractivity contribution >= 4 is 5.91 Å². The van der Waals surface area contributed by atoms with E-state index in [1.54, 1.807) is 0 Å². The van der Waals surface area contributed by atoms with Gasteiger partial charge in [-0.2, -0.15) is 0 Å². The minimum atomic E-state index is -0.493. The molecule has 1 N–H and O–H groups in total. The third kappa shape index (κ3) is 5.71. The normalized spacial score (nSPS) is 23.5. The number of unbranched alkanes of at least 4 members (excludes halogenated alkanes) is 1. The molecule has 7 nitrogen and oxygen atoms in total. The molecule has 0 radical (unpaired) electrons. The lowest BCUT2D eigenvalue weighted by Gasteiger charge is -2.32. The number of ether oxygens (including phenoxy) is 4. The molecule has 170 valence electrons. The van der Waals surface area contributed by atoms with E-state index in [9.17, 15) is 4.79 Å². The van der Waals surface area contributed by atoms with Crippen molar-refractivity contribution in [2.45, 2.75) is 63.6 Å². The van der Waals surface area contributed by atoms with Gasteiger partial charge < -0.3 is 29.0 Å². The smallest absolute Gasteiger partial charge is 0.288 e. The number of fused-ring (bicyclic) bond motifs is 1. The number of likely N-dealkylation sites (tertiary alicyclic amines) is 1. The number of carbonyl (C=O) groups excluding carboxylic acids is 1. The average Bonchev–Trinajstić information content (AvgIpc) is 3.24. The molecule has 3 aliphatic heterocycles. The quantitative estimate of drug-likeness (QED) is 0.663. The molecule has 2 atom stereocenters. The Morgan fingerprint density at radius 1 is 1.06 bits per heavy atom. The summed E-state index contributed by atoms with van der Waals surface area (Å²) in [6.07, 6.45) is 9.15. The largest absolute Gasteiger partial charge is 0.459 e. The van der Waals surface area contributed by atoms with E-state index in [2.05, 4.69) is 0 Å². The van der Waals surface area contributed by atoms with Crippen molar-refractivity contribution in [3.8, 4) is 11.5 Å². The first-order chi connectivity index (χ1) is 15.2. The zero-order valence-corrected chi connectivity index (χ0v) is 18.1. The number of benzene rings is 1. The van der Waals surface area contributed by atoms with Crippen LogP contribution in [-0.2, 0) is 14.3 Å². The van der Waals surface area contributed by atoms with Crippen molar-refractivity contribution in [2.24, 2.45) is 0 Å². The van der Waals surface area contributed by atoms with Crippen LogP contribution in [0.15, 0.2) is 30.0 Å². The zero-order chi connectivity index (χ0) is 21.5. The summed E-state index contributed by atoms with van der Waals surface area (Å²) in [6, 6.07) is 5.91. The number of aliphatic hydroxyl groups excluding tert-OH is 1. The molecule has 3 aliphatic rings. The lowest BCUT2D eigenvalue weighted by molar-refractivity contribution is -0.153. The Hall–Kier alpha value is -2.25. The van der Waals surface area contributed by atoms with Crippen molar-refractivity contribution in [3.63, 3.8) is 0 Å². The Bertz CT molecular complexity index is 771. The SMILES string of the molecule is O=C(C1=C[C@@H](c2ccc3c(c2)OCO3)C[C@@H](OCCCCO)O1)N1CCCCCCC1. The Morgan fingerprint density at radius 2 is 1.84 bits per heavy atom. The standard InChI is InChI=1S/C24H33NO6/c26-12-6-7-13-28-23-16-19(18-8-9-20-21(14-18)30-17-29-20)15-22(31-23)24(27)25-10-4-2-1-3-5-11-25/h8-9,14-15,19,23,26H,1-7,10-13,16-17H2/t19-,23+/m1/s1. The van der Waals surface area contributed by atoms with Crippen LogP contribution in [0.3, 0.4) is 0 Å². The Labute approximate surface area is 183 Å². The third-order valence-corrected chi connectivity index (χ3v) is 6.09. The molecular weight excluding hydrogens is 398 g/mol. The highest BCUT2D eigenvalue weighted by atomic mass is 16.7. The fourth-order valence-corrected chi connectivity index (χ4v) is 4.32. The van der Waals surface area contributed by atoms with Crippen molar-refractivity contribution in [1.29, 1.82) is 0 Å². The predicted molar refractivity (Wildman–Crippen MR) is 115 cm³/mol. The first-order valence-electron chi connectivity index (χ1n) is 11.5. The first kappa shape index (κ1) is 22.0. The molecule has 31 heavy (non-hydrogen) atoms. The summed E-state index contributed by atoms with van der Waals surface area (Å²) in [4.78, 5) is 15.2. The van der Waals surface area contributed by atoms with Gasteiger partial charge in [-0.1, -0.05) is 25.3 Å². The molecule has 0 spiro atoms. The third-order valence-electron chi connectivity index (χ3n) is 6.09. The monoisotopic (exact) mass is 431 g/mol. The summed E-state index contributed by atoms with van der Waals surface area (Å²) < 4.78 is 22.9. The molecule has 0 unspecified atom stereocenters. The molecule has 0 aromatic heterocycles. The molecule has 1 aromatic carbocycles. The Kier molecular flexibility index (Phi) is 7.70. The van der Waals surface area contributed by atoms with Crippen LogP contribution < -0.4 is 9.47 Å². The van der Waals surface area contributed by atoms with E-state index < -0.39 is 6.29 Å². The highest BCUT2D eigenvalue weighted by molar-refractivity contribution is 5.91. The average molecular weight is 432 g/mol. The number of nitrogens with zero attached hydrogens (tertiary/aromatic N) is 1. The molecule has 7 heteroatoms. The van der Waals surface area contributed by atoms with Gasteiger partial charge in [0.1, 0.15) is 0 Å². The van der Waals surface area contributed by atoms with Crippen LogP contribution in [0.5, 0.6) is 11.5 Å². The molecule has 4 rings (SSSR count). The summed E-state index contributed by atoms with van der Waals surface area (Å²) in [6.45, 7) is 2.42. The van der Waals surface area contributed by atoms with E-state index in [0.29, 0.717) is 25.2 Å². The van der Waals surface area contributed by atoms with Crippen LogP contribution in [0.1, 0.15) is 62.8 Å². The highest BCUT2D eigenvalue weighted by Crippen LogP contribution is 2.38.